The van der Waals surface area contributed by atoms with Crippen LogP contribution in [0.4, 0.5) is 0 Å². The number of Topliss-reactive ketones (excluding diaryl/α,β-unsaturated/α-hetero) is 1. The molecule has 0 radical (unpaired) electrons. The van der Waals surface area contributed by atoms with E-state index in [1.54, 1.807) is 13.8 Å². The Morgan fingerprint density at radius 1 is 1.05 bits per heavy atom. The number of carbonyl (C=O) groups excluding carboxylic acids is 2. The molecule has 0 aromatic heterocycles. The number of methoxy groups -OCH3 is 1. The molecule has 3 heterocycles. The van der Waals surface area contributed by atoms with Crippen molar-refractivity contribution in [1.29, 1.82) is 0 Å². The molecule has 7 aliphatic rings. The van der Waals surface area contributed by atoms with Crippen LogP contribution in [0.2, 0.25) is 0 Å². The first-order valence-electron chi connectivity index (χ1n) is 15.0. The third-order valence-corrected chi connectivity index (χ3v) is 12.5. The summed E-state index contributed by atoms with van der Waals surface area (Å²) >= 11 is 0. The van der Waals surface area contributed by atoms with Gasteiger partial charge in [-0.1, -0.05) is 6.92 Å². The maximum absolute atomic E-state index is 14.2. The molecule has 0 aromatic rings. The molecule has 2 saturated heterocycles. The van der Waals surface area contributed by atoms with Crippen LogP contribution in [-0.2, 0) is 33.3 Å². The molecule has 0 unspecified atom stereocenters. The Kier molecular flexibility index (Phi) is 6.25. The topological polar surface area (TPSA) is 165 Å². The second-order valence-electron chi connectivity index (χ2n) is 14.0. The van der Waals surface area contributed by atoms with E-state index in [1.807, 2.05) is 0 Å². The average Bonchev–Trinajstić information content (AvgIpc) is 3.38. The summed E-state index contributed by atoms with van der Waals surface area (Å²) in [6, 6.07) is 0. The van der Waals surface area contributed by atoms with Crippen molar-refractivity contribution in [3.05, 3.63) is 11.6 Å². The molecule has 1 spiro atoms. The minimum Gasteiger partial charge on any atom is -0.458 e. The normalized spacial score (nSPS) is 57.7. The largest absolute Gasteiger partial charge is 0.458 e. The van der Waals surface area contributed by atoms with Gasteiger partial charge in [-0.15, -0.1) is 0 Å². The van der Waals surface area contributed by atoms with Gasteiger partial charge in [0.2, 0.25) is 0 Å². The summed E-state index contributed by atoms with van der Waals surface area (Å²) in [5, 5.41) is 45.4. The molecule has 0 bridgehead atoms. The van der Waals surface area contributed by atoms with Crippen LogP contribution in [0.25, 0.3) is 0 Å². The number of esters is 1. The van der Waals surface area contributed by atoms with E-state index >= 15 is 0 Å². The van der Waals surface area contributed by atoms with Crippen LogP contribution in [0, 0.1) is 28.6 Å². The molecule has 11 nitrogen and oxygen atoms in total. The summed E-state index contributed by atoms with van der Waals surface area (Å²) in [4.78, 5) is 26.0. The van der Waals surface area contributed by atoms with Crippen LogP contribution in [0.5, 0.6) is 0 Å². The van der Waals surface area contributed by atoms with E-state index in [2.05, 4.69) is 6.92 Å². The van der Waals surface area contributed by atoms with Crippen molar-refractivity contribution < 1.29 is 53.7 Å². The summed E-state index contributed by atoms with van der Waals surface area (Å²) in [6.45, 7) is 5.65. The molecule has 7 rings (SSSR count). The Morgan fingerprint density at radius 2 is 1.80 bits per heavy atom. The number of ketones is 1. The number of carbonyl (C=O) groups is 2. The zero-order chi connectivity index (χ0) is 29.3. The predicted molar refractivity (Wildman–Crippen MR) is 139 cm³/mol. The van der Waals surface area contributed by atoms with E-state index in [9.17, 15) is 30.0 Å². The number of fused-ring (bicyclic) bond motifs is 3. The zero-order valence-electron chi connectivity index (χ0n) is 24.0. The maximum Gasteiger partial charge on any atom is 0.331 e. The maximum atomic E-state index is 14.2. The smallest absolute Gasteiger partial charge is 0.331 e. The Morgan fingerprint density at radius 3 is 2.49 bits per heavy atom. The fourth-order valence-electron chi connectivity index (χ4n) is 10.3. The second-order valence-corrected chi connectivity index (χ2v) is 14.0. The van der Waals surface area contributed by atoms with E-state index < -0.39 is 76.6 Å². The highest BCUT2D eigenvalue weighted by Crippen LogP contribution is 2.76. The molecule has 11 heteroatoms. The first-order chi connectivity index (χ1) is 19.3. The third-order valence-electron chi connectivity index (χ3n) is 12.5. The van der Waals surface area contributed by atoms with Crippen LogP contribution >= 0.6 is 0 Å². The predicted octanol–water partition coefficient (Wildman–Crippen LogP) is 0.391. The molecular formula is C30H42O11. The van der Waals surface area contributed by atoms with E-state index in [0.717, 1.165) is 0 Å². The van der Waals surface area contributed by atoms with Gasteiger partial charge in [-0.05, 0) is 75.2 Å². The molecule has 0 aromatic carbocycles. The lowest BCUT2D eigenvalue weighted by atomic mass is 9.41. The number of cyclic esters (lactones) is 1. The number of rotatable bonds is 4. The fourth-order valence-corrected chi connectivity index (χ4v) is 10.3. The van der Waals surface area contributed by atoms with Gasteiger partial charge in [0.25, 0.3) is 0 Å². The summed E-state index contributed by atoms with van der Waals surface area (Å²) in [5.74, 6) is -1.77. The molecule has 41 heavy (non-hydrogen) atoms. The van der Waals surface area contributed by atoms with Crippen LogP contribution in [0.1, 0.15) is 59.3 Å². The second kappa shape index (κ2) is 9.04. The van der Waals surface area contributed by atoms with Gasteiger partial charge in [0.05, 0.1) is 23.7 Å². The Hall–Kier alpha value is -1.44. The summed E-state index contributed by atoms with van der Waals surface area (Å²) in [7, 11) is 1.43. The quantitative estimate of drug-likeness (QED) is 0.207. The summed E-state index contributed by atoms with van der Waals surface area (Å²) in [6.07, 6.45) is -1.55. The number of epoxide rings is 1. The molecule has 15 atom stereocenters. The van der Waals surface area contributed by atoms with Crippen LogP contribution in [-0.4, -0.2) is 106 Å². The number of ether oxygens (including phenoxy) is 5. The lowest BCUT2D eigenvalue weighted by Crippen LogP contribution is -2.75. The van der Waals surface area contributed by atoms with Gasteiger partial charge in [0.1, 0.15) is 42.2 Å². The molecule has 228 valence electrons. The van der Waals surface area contributed by atoms with Crippen molar-refractivity contribution in [2.24, 2.45) is 28.6 Å². The van der Waals surface area contributed by atoms with Crippen LogP contribution in [0.3, 0.4) is 0 Å². The van der Waals surface area contributed by atoms with E-state index in [-0.39, 0.29) is 30.5 Å². The van der Waals surface area contributed by atoms with Gasteiger partial charge in [-0.25, -0.2) is 4.79 Å². The first-order valence-corrected chi connectivity index (χ1v) is 15.0. The molecule has 0 amide bonds. The van der Waals surface area contributed by atoms with Gasteiger partial charge in [0, 0.05) is 19.1 Å². The molecule has 6 fully saturated rings. The Bertz CT molecular complexity index is 1170. The Labute approximate surface area is 239 Å². The molecular weight excluding hydrogens is 536 g/mol. The van der Waals surface area contributed by atoms with Crippen molar-refractivity contribution in [2.75, 3.05) is 13.7 Å². The van der Waals surface area contributed by atoms with Crippen molar-refractivity contribution in [3.63, 3.8) is 0 Å². The van der Waals surface area contributed by atoms with Crippen LogP contribution < -0.4 is 0 Å². The van der Waals surface area contributed by atoms with Gasteiger partial charge >= 0.3 is 5.97 Å². The number of hydrogen-bond acceptors (Lipinski definition) is 11. The van der Waals surface area contributed by atoms with Gasteiger partial charge < -0.3 is 44.1 Å². The highest BCUT2D eigenvalue weighted by Gasteiger charge is 2.88. The van der Waals surface area contributed by atoms with Crippen LogP contribution in [0.15, 0.2) is 11.6 Å². The molecule has 4 N–H and O–H groups in total. The van der Waals surface area contributed by atoms with Gasteiger partial charge in [-0.3, -0.25) is 4.79 Å². The summed E-state index contributed by atoms with van der Waals surface area (Å²) in [5.41, 5.74) is -3.60. The van der Waals surface area contributed by atoms with Crippen molar-refractivity contribution in [3.8, 4) is 0 Å². The minimum atomic E-state index is -1.48. The lowest BCUT2D eigenvalue weighted by molar-refractivity contribution is -0.313. The van der Waals surface area contributed by atoms with Gasteiger partial charge in [-0.2, -0.15) is 0 Å². The van der Waals surface area contributed by atoms with E-state index in [0.29, 0.717) is 44.1 Å². The molecule has 3 aliphatic heterocycles. The summed E-state index contributed by atoms with van der Waals surface area (Å²) < 4.78 is 29.0. The van der Waals surface area contributed by atoms with Crippen molar-refractivity contribution in [2.45, 2.75) is 120 Å². The first kappa shape index (κ1) is 28.3. The third kappa shape index (κ3) is 3.43. The van der Waals surface area contributed by atoms with Crippen molar-refractivity contribution >= 4 is 11.8 Å². The number of aliphatic hydroxyl groups excluding tert-OH is 3. The van der Waals surface area contributed by atoms with Gasteiger partial charge in [0.15, 0.2) is 12.1 Å². The SMILES string of the molecule is CO[C@@H]1[C@H](O)[C@H](O[C@@H]2CC[C@@]3(C)[C@@H](C2)C[C@H]2O[C@]24[C@@H]3[C@H](O)C(=O)[C@]2(C)[C@@H](C3=CC(=O)OC3)CC[C@@]42O)O[C@@H](C)[C@H]1O. The van der Waals surface area contributed by atoms with E-state index in [4.69, 9.17) is 23.7 Å². The van der Waals surface area contributed by atoms with Crippen molar-refractivity contribution in [1.82, 2.24) is 0 Å². The lowest BCUT2D eigenvalue weighted by Gasteiger charge is -2.62. The standard InChI is InChI=1S/C30H42O11/c1-13-20(32)23(37-4)21(33)26(39-13)40-16-5-7-27(2)15(10-16)11-18-30(41-18)24(27)22(34)25(35)28(3)17(6-8-29(28,30)36)14-9-19(31)38-12-14/h9,13,15-18,20-24,26,32-34,36H,5-8,10-12H2,1-4H3/t13-,15-,16+,17+,18+,20+,21-,22-,23-,24+,26-,27-,28-,29-,30-/m0/s1. The minimum absolute atomic E-state index is 0.0463. The Balaban J connectivity index is 1.15. The highest BCUT2D eigenvalue weighted by atomic mass is 16.7. The monoisotopic (exact) mass is 578 g/mol. The fraction of sp³-hybridized carbons (Fsp3) is 0.867. The zero-order valence-corrected chi connectivity index (χ0v) is 24.0. The molecule has 4 saturated carbocycles. The number of aliphatic hydroxyl groups is 4. The average molecular weight is 579 g/mol. The molecule has 4 aliphatic carbocycles. The highest BCUT2D eigenvalue weighted by molar-refractivity contribution is 5.94. The van der Waals surface area contributed by atoms with E-state index in [1.165, 1.54) is 13.2 Å². The number of hydrogen-bond donors (Lipinski definition) is 4.